The van der Waals surface area contributed by atoms with E-state index in [1.54, 1.807) is 18.2 Å². The van der Waals surface area contributed by atoms with Crippen LogP contribution in [-0.4, -0.2) is 25.7 Å². The molecule has 1 heterocycles. The number of carbonyl (C=O) groups excluding carboxylic acids is 1. The SMILES string of the molecule is C[C@H](NC(=O)c1cc(Cl)ccc1OCCC1CCOCC1)c1ccccc1. The van der Waals surface area contributed by atoms with Crippen LogP contribution in [0.5, 0.6) is 5.75 Å². The summed E-state index contributed by atoms with van der Waals surface area (Å²) in [6.45, 7) is 4.21. The molecule has 0 spiro atoms. The number of ether oxygens (including phenoxy) is 2. The molecule has 0 aliphatic carbocycles. The van der Waals surface area contributed by atoms with Crippen molar-refractivity contribution in [3.63, 3.8) is 0 Å². The van der Waals surface area contributed by atoms with E-state index in [1.165, 1.54) is 0 Å². The van der Waals surface area contributed by atoms with Gasteiger partial charge in [-0.1, -0.05) is 41.9 Å². The lowest BCUT2D eigenvalue weighted by Crippen LogP contribution is -2.27. The van der Waals surface area contributed by atoms with E-state index in [1.807, 2.05) is 37.3 Å². The standard InChI is InChI=1S/C22H26ClNO3/c1-16(18-5-3-2-4-6-18)24-22(25)20-15-19(23)7-8-21(20)27-14-11-17-9-12-26-13-10-17/h2-8,15-17H,9-14H2,1H3,(H,24,25)/t16-/m0/s1. The zero-order chi connectivity index (χ0) is 19.1. The number of hydrogen-bond acceptors (Lipinski definition) is 3. The summed E-state index contributed by atoms with van der Waals surface area (Å²) in [5, 5.41) is 3.54. The molecule has 1 atom stereocenters. The number of amides is 1. The fraction of sp³-hybridized carbons (Fsp3) is 0.409. The minimum Gasteiger partial charge on any atom is -0.493 e. The van der Waals surface area contributed by atoms with E-state index >= 15 is 0 Å². The number of nitrogens with one attached hydrogen (secondary N) is 1. The Morgan fingerprint density at radius 3 is 2.70 bits per heavy atom. The molecule has 2 aromatic carbocycles. The molecule has 1 fully saturated rings. The van der Waals surface area contributed by atoms with E-state index in [4.69, 9.17) is 21.1 Å². The van der Waals surface area contributed by atoms with Crippen LogP contribution in [0.2, 0.25) is 5.02 Å². The van der Waals surface area contributed by atoms with Gasteiger partial charge >= 0.3 is 0 Å². The Morgan fingerprint density at radius 2 is 1.96 bits per heavy atom. The summed E-state index contributed by atoms with van der Waals surface area (Å²) in [7, 11) is 0. The van der Waals surface area contributed by atoms with Crippen molar-refractivity contribution in [1.29, 1.82) is 0 Å². The van der Waals surface area contributed by atoms with Crippen LogP contribution in [0.25, 0.3) is 0 Å². The van der Waals surface area contributed by atoms with Gasteiger partial charge in [0, 0.05) is 18.2 Å². The molecule has 1 N–H and O–H groups in total. The van der Waals surface area contributed by atoms with Crippen molar-refractivity contribution in [3.05, 3.63) is 64.7 Å². The highest BCUT2D eigenvalue weighted by Gasteiger charge is 2.18. The number of hydrogen-bond donors (Lipinski definition) is 1. The van der Waals surface area contributed by atoms with Crippen LogP contribution < -0.4 is 10.1 Å². The average Bonchev–Trinajstić information content (AvgIpc) is 2.70. The van der Waals surface area contributed by atoms with Gasteiger partial charge in [0.25, 0.3) is 5.91 Å². The van der Waals surface area contributed by atoms with Gasteiger partial charge in [0.15, 0.2) is 0 Å². The van der Waals surface area contributed by atoms with Gasteiger partial charge < -0.3 is 14.8 Å². The van der Waals surface area contributed by atoms with Crippen LogP contribution in [0.4, 0.5) is 0 Å². The Morgan fingerprint density at radius 1 is 1.22 bits per heavy atom. The fourth-order valence-corrected chi connectivity index (χ4v) is 3.45. The highest BCUT2D eigenvalue weighted by Crippen LogP contribution is 2.25. The summed E-state index contributed by atoms with van der Waals surface area (Å²) < 4.78 is 11.3. The van der Waals surface area contributed by atoms with Crippen LogP contribution in [0.15, 0.2) is 48.5 Å². The van der Waals surface area contributed by atoms with E-state index in [-0.39, 0.29) is 11.9 Å². The first-order valence-corrected chi connectivity index (χ1v) is 9.87. The molecule has 0 unspecified atom stereocenters. The van der Waals surface area contributed by atoms with Gasteiger partial charge in [0.2, 0.25) is 0 Å². The lowest BCUT2D eigenvalue weighted by molar-refractivity contribution is 0.0593. The fourth-order valence-electron chi connectivity index (χ4n) is 3.28. The van der Waals surface area contributed by atoms with Crippen LogP contribution in [0.1, 0.15) is 48.1 Å². The molecule has 1 aliphatic heterocycles. The third-order valence-electron chi connectivity index (χ3n) is 4.96. The zero-order valence-corrected chi connectivity index (χ0v) is 16.4. The summed E-state index contributed by atoms with van der Waals surface area (Å²) in [6.07, 6.45) is 3.12. The van der Waals surface area contributed by atoms with Crippen molar-refractivity contribution in [3.8, 4) is 5.75 Å². The molecule has 4 nitrogen and oxygen atoms in total. The molecule has 3 rings (SSSR count). The first-order chi connectivity index (χ1) is 13.1. The maximum atomic E-state index is 12.8. The molecule has 27 heavy (non-hydrogen) atoms. The first-order valence-electron chi connectivity index (χ1n) is 9.49. The van der Waals surface area contributed by atoms with Gasteiger partial charge in [-0.15, -0.1) is 0 Å². The van der Waals surface area contributed by atoms with E-state index in [0.717, 1.165) is 38.0 Å². The van der Waals surface area contributed by atoms with Crippen LogP contribution in [0.3, 0.4) is 0 Å². The molecule has 2 aromatic rings. The minimum absolute atomic E-state index is 0.104. The summed E-state index contributed by atoms with van der Waals surface area (Å²) in [4.78, 5) is 12.8. The summed E-state index contributed by atoms with van der Waals surface area (Å²) in [6, 6.07) is 15.0. The zero-order valence-electron chi connectivity index (χ0n) is 15.6. The number of carbonyl (C=O) groups is 1. The quantitative estimate of drug-likeness (QED) is 0.725. The van der Waals surface area contributed by atoms with Crippen LogP contribution in [0, 0.1) is 5.92 Å². The Hall–Kier alpha value is -2.04. The van der Waals surface area contributed by atoms with Gasteiger partial charge in [-0.25, -0.2) is 0 Å². The van der Waals surface area contributed by atoms with Gasteiger partial charge in [-0.05, 0) is 55.9 Å². The van der Waals surface area contributed by atoms with E-state index in [2.05, 4.69) is 5.32 Å². The molecule has 0 radical (unpaired) electrons. The van der Waals surface area contributed by atoms with Crippen molar-refractivity contribution in [2.75, 3.05) is 19.8 Å². The number of halogens is 1. The van der Waals surface area contributed by atoms with Gasteiger partial charge in [0.05, 0.1) is 18.2 Å². The first kappa shape index (κ1) is 19.7. The average molecular weight is 388 g/mol. The Labute approximate surface area is 165 Å². The molecule has 1 amide bonds. The molecule has 1 aliphatic rings. The normalized spacial score (nSPS) is 15.9. The van der Waals surface area contributed by atoms with Crippen molar-refractivity contribution in [2.45, 2.75) is 32.2 Å². The lowest BCUT2D eigenvalue weighted by atomic mass is 9.97. The Balaban J connectivity index is 1.63. The summed E-state index contributed by atoms with van der Waals surface area (Å²) >= 11 is 6.12. The third-order valence-corrected chi connectivity index (χ3v) is 5.19. The Kier molecular flexibility index (Phi) is 7.13. The maximum absolute atomic E-state index is 12.8. The third kappa shape index (κ3) is 5.72. The predicted octanol–water partition coefficient (Wildman–Crippen LogP) is 5.03. The second-order valence-corrected chi connectivity index (χ2v) is 7.38. The van der Waals surface area contributed by atoms with Gasteiger partial charge in [0.1, 0.15) is 5.75 Å². The molecular formula is C22H26ClNO3. The summed E-state index contributed by atoms with van der Waals surface area (Å²) in [5.41, 5.74) is 1.52. The van der Waals surface area contributed by atoms with Crippen molar-refractivity contribution in [2.24, 2.45) is 5.92 Å². The second-order valence-electron chi connectivity index (χ2n) is 6.94. The summed E-state index contributed by atoms with van der Waals surface area (Å²) in [5.74, 6) is 1.01. The van der Waals surface area contributed by atoms with E-state index < -0.39 is 0 Å². The lowest BCUT2D eigenvalue weighted by Gasteiger charge is -2.22. The monoisotopic (exact) mass is 387 g/mol. The van der Waals surface area contributed by atoms with Crippen LogP contribution >= 0.6 is 11.6 Å². The van der Waals surface area contributed by atoms with E-state index in [9.17, 15) is 4.79 Å². The van der Waals surface area contributed by atoms with Crippen LogP contribution in [-0.2, 0) is 4.74 Å². The predicted molar refractivity (Wildman–Crippen MR) is 107 cm³/mol. The van der Waals surface area contributed by atoms with E-state index in [0.29, 0.717) is 28.9 Å². The smallest absolute Gasteiger partial charge is 0.255 e. The van der Waals surface area contributed by atoms with Crippen molar-refractivity contribution in [1.82, 2.24) is 5.32 Å². The highest BCUT2D eigenvalue weighted by molar-refractivity contribution is 6.31. The maximum Gasteiger partial charge on any atom is 0.255 e. The topological polar surface area (TPSA) is 47.6 Å². The molecule has 144 valence electrons. The number of benzene rings is 2. The number of rotatable bonds is 7. The molecular weight excluding hydrogens is 362 g/mol. The molecule has 0 saturated carbocycles. The van der Waals surface area contributed by atoms with Gasteiger partial charge in [-0.3, -0.25) is 4.79 Å². The molecule has 0 bridgehead atoms. The molecule has 0 aromatic heterocycles. The van der Waals surface area contributed by atoms with Gasteiger partial charge in [-0.2, -0.15) is 0 Å². The Bertz CT molecular complexity index is 744. The van der Waals surface area contributed by atoms with Crippen molar-refractivity contribution < 1.29 is 14.3 Å². The minimum atomic E-state index is -0.185. The highest BCUT2D eigenvalue weighted by atomic mass is 35.5. The molecule has 1 saturated heterocycles. The molecule has 5 heteroatoms. The second kappa shape index (κ2) is 9.77. The largest absolute Gasteiger partial charge is 0.493 e. The van der Waals surface area contributed by atoms with Crippen molar-refractivity contribution >= 4 is 17.5 Å².